The number of nitrogens with one attached hydrogen (secondary N) is 2. The summed E-state index contributed by atoms with van der Waals surface area (Å²) in [4.78, 5) is 35.7. The Hall–Kier alpha value is -3.09. The molecule has 2 aromatic rings. The average molecular weight is 344 g/mol. The third-order valence-corrected chi connectivity index (χ3v) is 3.34. The summed E-state index contributed by atoms with van der Waals surface area (Å²) in [6.07, 6.45) is 0. The quantitative estimate of drug-likeness (QED) is 0.785. The molecule has 0 aliphatic carbocycles. The normalized spacial score (nSPS) is 10.2. The molecule has 2 N–H and O–H groups in total. The molecule has 1 aromatic heterocycles. The lowest BCUT2D eigenvalue weighted by atomic mass is 10.2. The lowest BCUT2D eigenvalue weighted by molar-refractivity contribution is -0.119. The summed E-state index contributed by atoms with van der Waals surface area (Å²) < 4.78 is 10.2. The molecule has 2 rings (SSSR count). The van der Waals surface area contributed by atoms with Gasteiger partial charge in [0.05, 0.1) is 0 Å². The van der Waals surface area contributed by atoms with Gasteiger partial charge >= 0.3 is 5.97 Å². The summed E-state index contributed by atoms with van der Waals surface area (Å²) in [6.45, 7) is 5.27. The van der Waals surface area contributed by atoms with E-state index >= 15 is 0 Å². The van der Waals surface area contributed by atoms with Crippen molar-refractivity contribution in [1.29, 1.82) is 0 Å². The van der Waals surface area contributed by atoms with E-state index in [4.69, 9.17) is 9.15 Å². The van der Waals surface area contributed by atoms with Gasteiger partial charge in [-0.1, -0.05) is 6.07 Å². The van der Waals surface area contributed by atoms with Crippen molar-refractivity contribution in [2.24, 2.45) is 0 Å². The second-order valence-electron chi connectivity index (χ2n) is 5.39. The van der Waals surface area contributed by atoms with Gasteiger partial charge in [-0.15, -0.1) is 0 Å². The number of ether oxygens (including phenoxy) is 1. The lowest BCUT2D eigenvalue weighted by Gasteiger charge is -2.08. The molecule has 7 nitrogen and oxygen atoms in total. The molecule has 2 amide bonds. The molecule has 0 saturated carbocycles. The summed E-state index contributed by atoms with van der Waals surface area (Å²) in [5.74, 6) is -0.315. The van der Waals surface area contributed by atoms with E-state index in [0.29, 0.717) is 34.9 Å². The molecule has 0 bridgehead atoms. The highest BCUT2D eigenvalue weighted by molar-refractivity contribution is 5.98. The fraction of sp³-hybridized carbons (Fsp3) is 0.278. The molecular weight excluding hydrogens is 324 g/mol. The van der Waals surface area contributed by atoms with Gasteiger partial charge in [0.1, 0.15) is 17.1 Å². The number of furan rings is 1. The zero-order valence-corrected chi connectivity index (χ0v) is 14.3. The number of hydrogen-bond acceptors (Lipinski definition) is 5. The molecule has 7 heteroatoms. The first kappa shape index (κ1) is 18.3. The Kier molecular flexibility index (Phi) is 5.94. The van der Waals surface area contributed by atoms with Crippen LogP contribution >= 0.6 is 0 Å². The monoisotopic (exact) mass is 344 g/mol. The minimum atomic E-state index is -0.624. The molecule has 1 heterocycles. The summed E-state index contributed by atoms with van der Waals surface area (Å²) in [6, 6.07) is 8.06. The van der Waals surface area contributed by atoms with Crippen molar-refractivity contribution < 1.29 is 23.5 Å². The standard InChI is InChI=1S/C18H20N2O5/c1-4-19-17(22)13-6-5-7-14(9-13)20-16(21)10-24-18(23)15-8-11(2)25-12(15)3/h5-9H,4,10H2,1-3H3,(H,19,22)(H,20,21). The van der Waals surface area contributed by atoms with Crippen LogP contribution in [-0.4, -0.2) is 30.9 Å². The molecule has 0 aliphatic rings. The number of benzene rings is 1. The minimum absolute atomic E-state index is 0.226. The van der Waals surface area contributed by atoms with E-state index in [1.807, 2.05) is 6.92 Å². The van der Waals surface area contributed by atoms with Crippen molar-refractivity contribution in [2.75, 3.05) is 18.5 Å². The fourth-order valence-corrected chi connectivity index (χ4v) is 2.24. The van der Waals surface area contributed by atoms with Crippen LogP contribution in [0.2, 0.25) is 0 Å². The third-order valence-electron chi connectivity index (χ3n) is 3.34. The number of aryl methyl sites for hydroxylation is 2. The third kappa shape index (κ3) is 4.94. The summed E-state index contributed by atoms with van der Waals surface area (Å²) in [5, 5.41) is 5.26. The highest BCUT2D eigenvalue weighted by atomic mass is 16.5. The SMILES string of the molecule is CCNC(=O)c1cccc(NC(=O)COC(=O)c2cc(C)oc2C)c1. The topological polar surface area (TPSA) is 97.6 Å². The second-order valence-corrected chi connectivity index (χ2v) is 5.39. The van der Waals surface area contributed by atoms with E-state index in [1.54, 1.807) is 44.2 Å². The second kappa shape index (κ2) is 8.14. The summed E-state index contributed by atoms with van der Waals surface area (Å²) in [7, 11) is 0. The maximum atomic E-state index is 11.9. The Morgan fingerprint density at radius 1 is 1.16 bits per heavy atom. The predicted molar refractivity (Wildman–Crippen MR) is 91.5 cm³/mol. The highest BCUT2D eigenvalue weighted by Crippen LogP contribution is 2.15. The van der Waals surface area contributed by atoms with Gasteiger partial charge < -0.3 is 19.8 Å². The van der Waals surface area contributed by atoms with Gasteiger partial charge in [0.25, 0.3) is 11.8 Å². The Morgan fingerprint density at radius 2 is 1.92 bits per heavy atom. The van der Waals surface area contributed by atoms with Crippen LogP contribution in [0.15, 0.2) is 34.7 Å². The number of amides is 2. The first-order valence-electron chi connectivity index (χ1n) is 7.83. The van der Waals surface area contributed by atoms with E-state index in [2.05, 4.69) is 10.6 Å². The Bertz CT molecular complexity index is 795. The minimum Gasteiger partial charge on any atom is -0.466 e. The van der Waals surface area contributed by atoms with Crippen molar-refractivity contribution in [3.8, 4) is 0 Å². The predicted octanol–water partition coefficient (Wildman–Crippen LogP) is 2.44. The van der Waals surface area contributed by atoms with Gasteiger partial charge in [0.15, 0.2) is 6.61 Å². The maximum absolute atomic E-state index is 11.9. The Balaban J connectivity index is 1.92. The van der Waals surface area contributed by atoms with Gasteiger partial charge in [-0.05, 0) is 45.0 Å². The molecule has 25 heavy (non-hydrogen) atoms. The average Bonchev–Trinajstić information content (AvgIpc) is 2.91. The summed E-state index contributed by atoms with van der Waals surface area (Å²) >= 11 is 0. The van der Waals surface area contributed by atoms with E-state index in [-0.39, 0.29) is 5.91 Å². The summed E-state index contributed by atoms with van der Waals surface area (Å²) in [5.41, 5.74) is 1.17. The van der Waals surface area contributed by atoms with Crippen molar-refractivity contribution >= 4 is 23.5 Å². The van der Waals surface area contributed by atoms with Gasteiger partial charge in [-0.3, -0.25) is 9.59 Å². The van der Waals surface area contributed by atoms with E-state index in [0.717, 1.165) is 0 Å². The molecule has 0 atom stereocenters. The van der Waals surface area contributed by atoms with Crippen LogP contribution in [-0.2, 0) is 9.53 Å². The largest absolute Gasteiger partial charge is 0.466 e. The fourth-order valence-electron chi connectivity index (χ4n) is 2.24. The number of carbonyl (C=O) groups is 3. The molecule has 0 saturated heterocycles. The Morgan fingerprint density at radius 3 is 2.56 bits per heavy atom. The molecule has 1 aromatic carbocycles. The Labute approximate surface area is 145 Å². The van der Waals surface area contributed by atoms with Crippen LogP contribution in [0.25, 0.3) is 0 Å². The molecule has 0 spiro atoms. The zero-order chi connectivity index (χ0) is 18.4. The van der Waals surface area contributed by atoms with Gasteiger partial charge in [-0.2, -0.15) is 0 Å². The molecule has 0 aliphatic heterocycles. The molecule has 132 valence electrons. The number of anilines is 1. The lowest BCUT2D eigenvalue weighted by Crippen LogP contribution is -2.23. The van der Waals surface area contributed by atoms with Gasteiger partial charge in [-0.25, -0.2) is 4.79 Å². The maximum Gasteiger partial charge on any atom is 0.342 e. The molecule has 0 fully saturated rings. The van der Waals surface area contributed by atoms with Gasteiger partial charge in [0, 0.05) is 17.8 Å². The van der Waals surface area contributed by atoms with Crippen LogP contribution in [0, 0.1) is 13.8 Å². The van der Waals surface area contributed by atoms with Crippen LogP contribution in [0.1, 0.15) is 39.2 Å². The van der Waals surface area contributed by atoms with Crippen LogP contribution < -0.4 is 10.6 Å². The first-order valence-corrected chi connectivity index (χ1v) is 7.83. The van der Waals surface area contributed by atoms with Crippen LogP contribution in [0.5, 0.6) is 0 Å². The first-order chi connectivity index (χ1) is 11.9. The van der Waals surface area contributed by atoms with E-state index in [1.165, 1.54) is 0 Å². The number of hydrogen-bond donors (Lipinski definition) is 2. The molecule has 0 unspecified atom stereocenters. The van der Waals surface area contributed by atoms with E-state index in [9.17, 15) is 14.4 Å². The van der Waals surface area contributed by atoms with Crippen molar-refractivity contribution in [1.82, 2.24) is 5.32 Å². The number of esters is 1. The van der Waals surface area contributed by atoms with Crippen LogP contribution in [0.4, 0.5) is 5.69 Å². The zero-order valence-electron chi connectivity index (χ0n) is 14.3. The van der Waals surface area contributed by atoms with Gasteiger partial charge in [0.2, 0.25) is 0 Å². The number of rotatable bonds is 6. The van der Waals surface area contributed by atoms with Crippen LogP contribution in [0.3, 0.4) is 0 Å². The molecule has 0 radical (unpaired) electrons. The van der Waals surface area contributed by atoms with E-state index < -0.39 is 18.5 Å². The molecular formula is C18H20N2O5. The highest BCUT2D eigenvalue weighted by Gasteiger charge is 2.16. The smallest absolute Gasteiger partial charge is 0.342 e. The van der Waals surface area contributed by atoms with Crippen molar-refractivity contribution in [3.63, 3.8) is 0 Å². The number of carbonyl (C=O) groups excluding carboxylic acids is 3. The van der Waals surface area contributed by atoms with Crippen molar-refractivity contribution in [3.05, 3.63) is 53.0 Å². The van der Waals surface area contributed by atoms with Crippen molar-refractivity contribution in [2.45, 2.75) is 20.8 Å².